The second kappa shape index (κ2) is 7.48. The number of nitrogens with zero attached hydrogens (tertiary/aromatic N) is 2. The van der Waals surface area contributed by atoms with Crippen LogP contribution >= 0.6 is 0 Å². The maximum atomic E-state index is 4.29. The van der Waals surface area contributed by atoms with Crippen molar-refractivity contribution in [2.45, 2.75) is 39.7 Å². The number of nitrogens with one attached hydrogen (secondary N) is 2. The van der Waals surface area contributed by atoms with Crippen molar-refractivity contribution in [1.82, 2.24) is 9.88 Å². The van der Waals surface area contributed by atoms with Crippen LogP contribution in [-0.2, 0) is 0 Å². The molecular weight excluding hydrogens is 248 g/mol. The first-order chi connectivity index (χ1) is 9.69. The van der Waals surface area contributed by atoms with E-state index in [-0.39, 0.29) is 0 Å². The van der Waals surface area contributed by atoms with Crippen LogP contribution in [0.5, 0.6) is 0 Å². The summed E-state index contributed by atoms with van der Waals surface area (Å²) in [6, 6.07) is 2.82. The first kappa shape index (κ1) is 15.1. The highest BCUT2D eigenvalue weighted by Gasteiger charge is 2.23. The van der Waals surface area contributed by atoms with Crippen LogP contribution < -0.4 is 10.6 Å². The van der Waals surface area contributed by atoms with Crippen molar-refractivity contribution >= 4 is 11.4 Å². The first-order valence-corrected chi connectivity index (χ1v) is 7.86. The number of hydrogen-bond donors (Lipinski definition) is 2. The molecule has 0 amide bonds. The lowest BCUT2D eigenvalue weighted by atomic mass is 10.1. The van der Waals surface area contributed by atoms with Gasteiger partial charge in [-0.05, 0) is 45.2 Å². The van der Waals surface area contributed by atoms with E-state index >= 15 is 0 Å². The smallest absolute Gasteiger partial charge is 0.0547 e. The Bertz CT molecular complexity index is 405. The van der Waals surface area contributed by atoms with Gasteiger partial charge < -0.3 is 15.5 Å². The van der Waals surface area contributed by atoms with Crippen molar-refractivity contribution in [3.63, 3.8) is 0 Å². The van der Waals surface area contributed by atoms with E-state index < -0.39 is 0 Å². The molecule has 20 heavy (non-hydrogen) atoms. The van der Waals surface area contributed by atoms with E-state index in [1.807, 2.05) is 12.4 Å². The Kier molecular flexibility index (Phi) is 5.65. The highest BCUT2D eigenvalue weighted by molar-refractivity contribution is 5.53. The molecule has 112 valence electrons. The van der Waals surface area contributed by atoms with E-state index in [4.69, 9.17) is 0 Å². The summed E-state index contributed by atoms with van der Waals surface area (Å²) < 4.78 is 0. The first-order valence-electron chi connectivity index (χ1n) is 7.86. The summed E-state index contributed by atoms with van der Waals surface area (Å²) in [5.74, 6) is 0.754. The molecule has 1 unspecified atom stereocenters. The van der Waals surface area contributed by atoms with Gasteiger partial charge >= 0.3 is 0 Å². The van der Waals surface area contributed by atoms with Crippen LogP contribution in [0.2, 0.25) is 0 Å². The molecule has 1 aromatic heterocycles. The van der Waals surface area contributed by atoms with Gasteiger partial charge in [0.25, 0.3) is 0 Å². The number of hydrogen-bond acceptors (Lipinski definition) is 4. The fourth-order valence-corrected chi connectivity index (χ4v) is 2.66. The normalized spacial score (nSPS) is 19.5. The van der Waals surface area contributed by atoms with Crippen molar-refractivity contribution in [1.29, 1.82) is 0 Å². The van der Waals surface area contributed by atoms with Crippen LogP contribution in [0.25, 0.3) is 0 Å². The lowest BCUT2D eigenvalue weighted by molar-refractivity contribution is 0.266. The van der Waals surface area contributed by atoms with Crippen molar-refractivity contribution in [3.8, 4) is 0 Å². The van der Waals surface area contributed by atoms with Crippen LogP contribution in [0.15, 0.2) is 18.5 Å². The van der Waals surface area contributed by atoms with Crippen LogP contribution in [-0.4, -0.2) is 42.1 Å². The Morgan fingerprint density at radius 2 is 2.05 bits per heavy atom. The van der Waals surface area contributed by atoms with Gasteiger partial charge in [-0.3, -0.25) is 4.98 Å². The molecule has 2 N–H and O–H groups in total. The summed E-state index contributed by atoms with van der Waals surface area (Å²) in [5, 5.41) is 6.91. The monoisotopic (exact) mass is 276 g/mol. The van der Waals surface area contributed by atoms with Crippen molar-refractivity contribution in [3.05, 3.63) is 18.5 Å². The molecule has 1 atom stereocenters. The molecule has 1 aromatic rings. The Hall–Kier alpha value is -1.29. The summed E-state index contributed by atoms with van der Waals surface area (Å²) in [4.78, 5) is 6.85. The lowest BCUT2D eigenvalue weighted by Crippen LogP contribution is -2.29. The van der Waals surface area contributed by atoms with Gasteiger partial charge in [-0.2, -0.15) is 0 Å². The number of rotatable bonds is 7. The third-order valence-electron chi connectivity index (χ3n) is 3.96. The standard InChI is InChI=1S/C16H28N4/c1-4-6-18-15-8-16(11-17-10-15)19-9-14-5-7-20(12-14)13(2)3/h8,10-11,13-14,18-19H,4-7,9,12H2,1-3H3. The number of aromatic nitrogens is 1. The summed E-state index contributed by atoms with van der Waals surface area (Å²) in [6.45, 7) is 11.2. The number of pyridine rings is 1. The summed E-state index contributed by atoms with van der Waals surface area (Å²) in [6.07, 6.45) is 6.22. The molecule has 1 saturated heterocycles. The molecule has 1 aliphatic heterocycles. The van der Waals surface area contributed by atoms with Crippen LogP contribution in [0.3, 0.4) is 0 Å². The van der Waals surface area contributed by atoms with Crippen LogP contribution in [0, 0.1) is 5.92 Å². The molecule has 0 aliphatic carbocycles. The van der Waals surface area contributed by atoms with E-state index in [1.54, 1.807) is 0 Å². The zero-order valence-electron chi connectivity index (χ0n) is 13.0. The average molecular weight is 276 g/mol. The average Bonchev–Trinajstić information content (AvgIpc) is 2.92. The fourth-order valence-electron chi connectivity index (χ4n) is 2.66. The minimum absolute atomic E-state index is 0.670. The van der Waals surface area contributed by atoms with Gasteiger partial charge in [0.2, 0.25) is 0 Å². The molecule has 1 aliphatic rings. The van der Waals surface area contributed by atoms with E-state index in [9.17, 15) is 0 Å². The third kappa shape index (κ3) is 4.37. The van der Waals surface area contributed by atoms with Crippen LogP contribution in [0.1, 0.15) is 33.6 Å². The Morgan fingerprint density at radius 1 is 1.30 bits per heavy atom. The van der Waals surface area contributed by atoms with Gasteiger partial charge in [0.15, 0.2) is 0 Å². The predicted molar refractivity (Wildman–Crippen MR) is 86.3 cm³/mol. The minimum Gasteiger partial charge on any atom is -0.384 e. The predicted octanol–water partition coefficient (Wildman–Crippen LogP) is 3.05. The van der Waals surface area contributed by atoms with Gasteiger partial charge in [-0.1, -0.05) is 6.92 Å². The molecule has 0 spiro atoms. The second-order valence-electron chi connectivity index (χ2n) is 6.01. The minimum atomic E-state index is 0.670. The second-order valence-corrected chi connectivity index (χ2v) is 6.01. The summed E-state index contributed by atoms with van der Waals surface area (Å²) in [5.41, 5.74) is 2.22. The van der Waals surface area contributed by atoms with Crippen molar-refractivity contribution in [2.75, 3.05) is 36.8 Å². The summed E-state index contributed by atoms with van der Waals surface area (Å²) >= 11 is 0. The van der Waals surface area contributed by atoms with Gasteiger partial charge in [0, 0.05) is 25.7 Å². The molecule has 2 rings (SSSR count). The Balaban J connectivity index is 1.79. The van der Waals surface area contributed by atoms with Crippen LogP contribution in [0.4, 0.5) is 11.4 Å². The largest absolute Gasteiger partial charge is 0.384 e. The van der Waals surface area contributed by atoms with Gasteiger partial charge in [-0.25, -0.2) is 0 Å². The van der Waals surface area contributed by atoms with E-state index in [1.165, 1.54) is 19.5 Å². The molecular formula is C16H28N4. The molecule has 0 saturated carbocycles. The van der Waals surface area contributed by atoms with Crippen molar-refractivity contribution in [2.24, 2.45) is 5.92 Å². The number of anilines is 2. The SMILES string of the molecule is CCCNc1cncc(NCC2CCN(C(C)C)C2)c1. The van der Waals surface area contributed by atoms with Crippen molar-refractivity contribution < 1.29 is 0 Å². The Morgan fingerprint density at radius 3 is 2.70 bits per heavy atom. The topological polar surface area (TPSA) is 40.2 Å². The van der Waals surface area contributed by atoms with E-state index in [2.05, 4.69) is 47.4 Å². The molecule has 0 radical (unpaired) electrons. The van der Waals surface area contributed by atoms with E-state index in [0.29, 0.717) is 6.04 Å². The molecule has 4 heteroatoms. The zero-order chi connectivity index (χ0) is 14.4. The molecule has 4 nitrogen and oxygen atoms in total. The molecule has 0 aromatic carbocycles. The Labute approximate surface area is 123 Å². The zero-order valence-corrected chi connectivity index (χ0v) is 13.0. The van der Waals surface area contributed by atoms with Gasteiger partial charge in [0.05, 0.1) is 23.8 Å². The highest BCUT2D eigenvalue weighted by Crippen LogP contribution is 2.20. The van der Waals surface area contributed by atoms with E-state index in [0.717, 1.165) is 36.8 Å². The maximum absolute atomic E-state index is 4.29. The van der Waals surface area contributed by atoms with Gasteiger partial charge in [0.1, 0.15) is 0 Å². The fraction of sp³-hybridized carbons (Fsp3) is 0.688. The lowest BCUT2D eigenvalue weighted by Gasteiger charge is -2.20. The maximum Gasteiger partial charge on any atom is 0.0547 e. The molecule has 1 fully saturated rings. The molecule has 2 heterocycles. The number of likely N-dealkylation sites (tertiary alicyclic amines) is 1. The highest BCUT2D eigenvalue weighted by atomic mass is 15.2. The van der Waals surface area contributed by atoms with Gasteiger partial charge in [-0.15, -0.1) is 0 Å². The molecule has 0 bridgehead atoms. The summed E-state index contributed by atoms with van der Waals surface area (Å²) in [7, 11) is 0. The third-order valence-corrected chi connectivity index (χ3v) is 3.96. The quantitative estimate of drug-likeness (QED) is 0.803.